The predicted octanol–water partition coefficient (Wildman–Crippen LogP) is 17.6. The van der Waals surface area contributed by atoms with Crippen molar-refractivity contribution in [2.45, 2.75) is 303 Å². The molecule has 1 unspecified atom stereocenters. The molecular formula is C60H111O11P. The van der Waals surface area contributed by atoms with E-state index in [4.69, 9.17) is 23.3 Å². The minimum absolute atomic E-state index is 0.160. The largest absolute Gasteiger partial charge is 0.472 e. The second kappa shape index (κ2) is 54.9. The number of allylic oxidation sites excluding steroid dienone is 6. The van der Waals surface area contributed by atoms with Crippen molar-refractivity contribution in [2.24, 2.45) is 0 Å². The molecule has 0 saturated carbocycles. The Morgan fingerprint density at radius 1 is 0.375 bits per heavy atom. The molecule has 0 aliphatic rings. The van der Waals surface area contributed by atoms with Crippen LogP contribution in [0, 0.1) is 0 Å². The summed E-state index contributed by atoms with van der Waals surface area (Å²) in [6, 6.07) is 0. The molecule has 2 N–H and O–H groups in total. The summed E-state index contributed by atoms with van der Waals surface area (Å²) < 4.78 is 39.1. The van der Waals surface area contributed by atoms with Gasteiger partial charge in [-0.15, -0.1) is 0 Å². The maximum absolute atomic E-state index is 12.9. The van der Waals surface area contributed by atoms with Gasteiger partial charge in [0.1, 0.15) is 19.3 Å². The van der Waals surface area contributed by atoms with Crippen LogP contribution in [0.25, 0.3) is 0 Å². The first-order valence-corrected chi connectivity index (χ1v) is 31.4. The van der Waals surface area contributed by atoms with Crippen LogP contribution >= 0.6 is 7.82 Å². The summed E-state index contributed by atoms with van der Waals surface area (Å²) in [7, 11) is -4.73. The highest BCUT2D eigenvalue weighted by molar-refractivity contribution is 7.47. The molecule has 0 amide bonds. The fraction of sp³-hybridized carbons (Fsp3) is 0.850. The third-order valence-corrected chi connectivity index (χ3v) is 13.9. The number of carbonyl (C=O) groups is 3. The van der Waals surface area contributed by atoms with E-state index in [0.717, 1.165) is 116 Å². The molecular weight excluding hydrogens is 928 g/mol. The predicted molar refractivity (Wildman–Crippen MR) is 298 cm³/mol. The Morgan fingerprint density at radius 2 is 0.653 bits per heavy atom. The van der Waals surface area contributed by atoms with E-state index >= 15 is 0 Å². The average molecular weight is 1040 g/mol. The zero-order valence-electron chi connectivity index (χ0n) is 46.7. The van der Waals surface area contributed by atoms with E-state index in [9.17, 15) is 28.9 Å². The number of phosphoric acid groups is 1. The zero-order valence-corrected chi connectivity index (χ0v) is 47.6. The van der Waals surface area contributed by atoms with Crippen molar-refractivity contribution in [3.8, 4) is 0 Å². The number of hydrogen-bond donors (Lipinski definition) is 2. The Labute approximate surface area is 441 Å². The van der Waals surface area contributed by atoms with E-state index in [1.54, 1.807) is 0 Å². The van der Waals surface area contributed by atoms with E-state index in [0.29, 0.717) is 19.3 Å². The Balaban J connectivity index is 4.60. The van der Waals surface area contributed by atoms with Crippen LogP contribution in [0.3, 0.4) is 0 Å². The molecule has 0 aliphatic heterocycles. The minimum Gasteiger partial charge on any atom is -0.463 e. The monoisotopic (exact) mass is 1040 g/mol. The molecule has 0 aromatic rings. The minimum atomic E-state index is -4.73. The Bertz CT molecular complexity index is 1350. The lowest BCUT2D eigenvalue weighted by Gasteiger charge is -2.20. The number of carbonyl (C=O) groups excluding carboxylic acids is 3. The first kappa shape index (κ1) is 69.7. The van der Waals surface area contributed by atoms with Crippen LogP contribution in [-0.2, 0) is 42.2 Å². The highest BCUT2D eigenvalue weighted by atomic mass is 31.2. The Morgan fingerprint density at radius 3 is 1.00 bits per heavy atom. The molecule has 422 valence electrons. The van der Waals surface area contributed by atoms with Gasteiger partial charge in [-0.25, -0.2) is 4.57 Å². The smallest absolute Gasteiger partial charge is 0.463 e. The van der Waals surface area contributed by atoms with E-state index in [1.807, 2.05) is 0 Å². The lowest BCUT2D eigenvalue weighted by molar-refractivity contribution is -0.161. The molecule has 0 aliphatic carbocycles. The van der Waals surface area contributed by atoms with Crippen LogP contribution in [0.15, 0.2) is 36.5 Å². The normalized spacial score (nSPS) is 13.6. The van der Waals surface area contributed by atoms with Gasteiger partial charge in [-0.2, -0.15) is 0 Å². The van der Waals surface area contributed by atoms with Gasteiger partial charge in [0.25, 0.3) is 0 Å². The molecule has 12 heteroatoms. The molecule has 0 spiro atoms. The van der Waals surface area contributed by atoms with E-state index in [-0.39, 0.29) is 25.9 Å². The maximum atomic E-state index is 12.9. The quantitative estimate of drug-likeness (QED) is 0.0197. The van der Waals surface area contributed by atoms with Crippen LogP contribution in [0.4, 0.5) is 0 Å². The van der Waals surface area contributed by atoms with Gasteiger partial charge >= 0.3 is 25.7 Å². The molecule has 3 atom stereocenters. The van der Waals surface area contributed by atoms with Gasteiger partial charge in [-0.05, 0) is 96.3 Å². The van der Waals surface area contributed by atoms with E-state index in [2.05, 4.69) is 57.2 Å². The number of hydrogen-bond acceptors (Lipinski definition) is 10. The van der Waals surface area contributed by atoms with E-state index in [1.165, 1.54) is 116 Å². The third-order valence-electron chi connectivity index (χ3n) is 12.9. The van der Waals surface area contributed by atoms with Crippen molar-refractivity contribution < 1.29 is 52.2 Å². The molecule has 0 bridgehead atoms. The maximum Gasteiger partial charge on any atom is 0.472 e. The van der Waals surface area contributed by atoms with Crippen molar-refractivity contribution in [3.05, 3.63) is 36.5 Å². The summed E-state index contributed by atoms with van der Waals surface area (Å²) in [4.78, 5) is 48.1. The standard InChI is InChI=1S/C60H111O11P/c1-4-7-10-13-16-19-22-25-28-31-34-37-40-43-46-49-58(62)67-52-56(61)53-69-72(65,66)70-55-57(71-60(64)51-48-45-42-39-36-33-30-27-24-21-18-15-12-9-6-3)54-68-59(63)50-47-44-41-38-35-32-29-26-23-20-17-14-11-8-5-2/h25-30,56-57,61H,4-24,31-55H2,1-3H3,(H,65,66)/t56-,57+/m0/s1. The van der Waals surface area contributed by atoms with Gasteiger partial charge in [0.2, 0.25) is 0 Å². The SMILES string of the molecule is CCCCCCCCC=CCCCCCCCC(=O)OC[C@H](O)COP(=O)(O)OC[C@@H](COC(=O)CCCCCCCC=CCCCCCCCC)OC(=O)CCCCCCCC=CCCCCCCCC. The van der Waals surface area contributed by atoms with Crippen LogP contribution in [0.1, 0.15) is 290 Å². The number of phosphoric ester groups is 1. The molecule has 0 saturated heterocycles. The number of aliphatic hydroxyl groups is 1. The number of ether oxygens (including phenoxy) is 3. The topological polar surface area (TPSA) is 155 Å². The van der Waals surface area contributed by atoms with Crippen molar-refractivity contribution in [1.82, 2.24) is 0 Å². The van der Waals surface area contributed by atoms with E-state index < -0.39 is 57.8 Å². The molecule has 11 nitrogen and oxygen atoms in total. The molecule has 72 heavy (non-hydrogen) atoms. The average Bonchev–Trinajstić information content (AvgIpc) is 3.37. The van der Waals surface area contributed by atoms with Crippen molar-refractivity contribution in [2.75, 3.05) is 26.4 Å². The van der Waals surface area contributed by atoms with Gasteiger partial charge in [0.15, 0.2) is 6.10 Å². The lowest BCUT2D eigenvalue weighted by atomic mass is 10.1. The summed E-state index contributed by atoms with van der Waals surface area (Å²) in [5.74, 6) is -1.40. The molecule has 0 rings (SSSR count). The molecule has 0 radical (unpaired) electrons. The first-order chi connectivity index (χ1) is 35.1. The number of aliphatic hydroxyl groups excluding tert-OH is 1. The van der Waals surface area contributed by atoms with Gasteiger partial charge in [0, 0.05) is 19.3 Å². The highest BCUT2D eigenvalue weighted by Gasteiger charge is 2.27. The van der Waals surface area contributed by atoms with Gasteiger partial charge in [-0.1, -0.05) is 211 Å². The lowest BCUT2D eigenvalue weighted by Crippen LogP contribution is -2.30. The van der Waals surface area contributed by atoms with Gasteiger partial charge in [0.05, 0.1) is 13.2 Å². The van der Waals surface area contributed by atoms with Crippen molar-refractivity contribution >= 4 is 25.7 Å². The Kier molecular flexibility index (Phi) is 53.2. The second-order valence-electron chi connectivity index (χ2n) is 20.2. The Hall–Kier alpha value is -2.30. The fourth-order valence-corrected chi connectivity index (χ4v) is 9.13. The van der Waals surface area contributed by atoms with Gasteiger partial charge < -0.3 is 24.2 Å². The van der Waals surface area contributed by atoms with Gasteiger partial charge in [-0.3, -0.25) is 23.4 Å². The zero-order chi connectivity index (χ0) is 52.7. The second-order valence-corrected chi connectivity index (χ2v) is 21.6. The fourth-order valence-electron chi connectivity index (χ4n) is 8.34. The van der Waals surface area contributed by atoms with Crippen LogP contribution in [0.5, 0.6) is 0 Å². The number of unbranched alkanes of at least 4 members (excludes halogenated alkanes) is 33. The van der Waals surface area contributed by atoms with Crippen LogP contribution in [0.2, 0.25) is 0 Å². The molecule has 0 aromatic heterocycles. The van der Waals surface area contributed by atoms with Crippen molar-refractivity contribution in [3.63, 3.8) is 0 Å². The first-order valence-electron chi connectivity index (χ1n) is 29.9. The number of rotatable bonds is 56. The van der Waals surface area contributed by atoms with Crippen LogP contribution < -0.4 is 0 Å². The molecule has 0 heterocycles. The molecule has 0 fully saturated rings. The number of esters is 3. The van der Waals surface area contributed by atoms with Crippen molar-refractivity contribution in [1.29, 1.82) is 0 Å². The summed E-state index contributed by atoms with van der Waals surface area (Å²) in [6.45, 7) is 4.81. The summed E-state index contributed by atoms with van der Waals surface area (Å²) >= 11 is 0. The van der Waals surface area contributed by atoms with Crippen LogP contribution in [-0.4, -0.2) is 66.5 Å². The summed E-state index contributed by atoms with van der Waals surface area (Å²) in [6.07, 6.45) is 56.7. The molecule has 0 aromatic carbocycles. The summed E-state index contributed by atoms with van der Waals surface area (Å²) in [5.41, 5.74) is 0. The highest BCUT2D eigenvalue weighted by Crippen LogP contribution is 2.43. The summed E-state index contributed by atoms with van der Waals surface area (Å²) in [5, 5.41) is 10.3. The third kappa shape index (κ3) is 54.0.